The van der Waals surface area contributed by atoms with Crippen molar-refractivity contribution in [3.63, 3.8) is 0 Å². The van der Waals surface area contributed by atoms with Crippen LogP contribution in [0.1, 0.15) is 32.6 Å². The first kappa shape index (κ1) is 23.1. The molecular weight excluding hydrogens is 485 g/mol. The van der Waals surface area contributed by atoms with Gasteiger partial charge in [0.1, 0.15) is 23.0 Å². The molecule has 0 amide bonds. The first-order valence-corrected chi connectivity index (χ1v) is 12.9. The number of rotatable bonds is 7. The fourth-order valence-corrected chi connectivity index (χ4v) is 5.59. The molecule has 1 aliphatic rings. The van der Waals surface area contributed by atoms with E-state index in [2.05, 4.69) is 68.2 Å². The maximum atomic E-state index is 6.11. The molecule has 5 nitrogen and oxygen atoms in total. The Morgan fingerprint density at radius 1 is 0.706 bits per heavy atom. The Morgan fingerprint density at radius 3 is 1.76 bits per heavy atom. The van der Waals surface area contributed by atoms with Gasteiger partial charge in [0.2, 0.25) is 0 Å². The molecule has 0 saturated carbocycles. The fourth-order valence-electron chi connectivity index (χ4n) is 4.13. The lowest BCUT2D eigenvalue weighted by Gasteiger charge is -2.33. The van der Waals surface area contributed by atoms with Crippen molar-refractivity contribution in [3.05, 3.63) is 71.5 Å². The molecule has 34 heavy (non-hydrogen) atoms. The highest BCUT2D eigenvalue weighted by atomic mass is 35.5. The normalized spacial score (nSPS) is 12.4. The minimum Gasteiger partial charge on any atom is -0.340 e. The van der Waals surface area contributed by atoms with Crippen LogP contribution in [-0.4, -0.2) is 26.5 Å². The second kappa shape index (κ2) is 10.3. The van der Waals surface area contributed by atoms with E-state index in [0.29, 0.717) is 10.3 Å². The Hall–Kier alpha value is -2.67. The van der Waals surface area contributed by atoms with Crippen LogP contribution in [0.3, 0.4) is 0 Å². The Bertz CT molecular complexity index is 1240. The van der Waals surface area contributed by atoms with E-state index in [1.807, 2.05) is 0 Å². The average molecular weight is 508 g/mol. The van der Waals surface area contributed by atoms with Gasteiger partial charge in [-0.1, -0.05) is 73.3 Å². The van der Waals surface area contributed by atoms with Crippen LogP contribution < -0.4 is 4.90 Å². The van der Waals surface area contributed by atoms with Crippen molar-refractivity contribution >= 4 is 46.3 Å². The molecule has 0 fully saturated rings. The second-order valence-electron chi connectivity index (χ2n) is 8.13. The third kappa shape index (κ3) is 4.90. The van der Waals surface area contributed by atoms with Gasteiger partial charge in [-0.2, -0.15) is 0 Å². The summed E-state index contributed by atoms with van der Waals surface area (Å²) in [5.41, 5.74) is 6.10. The van der Waals surface area contributed by atoms with Crippen LogP contribution in [0, 0.1) is 0 Å². The highest BCUT2D eigenvalue weighted by Crippen LogP contribution is 2.50. The summed E-state index contributed by atoms with van der Waals surface area (Å²) in [5.74, 6) is 0. The van der Waals surface area contributed by atoms with Crippen molar-refractivity contribution in [2.24, 2.45) is 0 Å². The molecule has 2 aromatic heterocycles. The van der Waals surface area contributed by atoms with E-state index in [0.717, 1.165) is 35.5 Å². The van der Waals surface area contributed by atoms with Crippen molar-refractivity contribution in [1.29, 1.82) is 0 Å². The minimum absolute atomic E-state index is 0.437. The van der Waals surface area contributed by atoms with Gasteiger partial charge in [0, 0.05) is 39.6 Å². The molecule has 3 heterocycles. The van der Waals surface area contributed by atoms with Crippen LogP contribution in [0.25, 0.3) is 22.5 Å². The number of hydrogen-bond acceptors (Lipinski definition) is 6. The molecular formula is C26H23Cl2N5S. The summed E-state index contributed by atoms with van der Waals surface area (Å²) in [4.78, 5) is 21.6. The lowest BCUT2D eigenvalue weighted by atomic mass is 10.1. The van der Waals surface area contributed by atoms with Crippen LogP contribution in [-0.2, 0) is 0 Å². The van der Waals surface area contributed by atoms with Crippen molar-refractivity contribution in [2.45, 2.75) is 42.4 Å². The van der Waals surface area contributed by atoms with Crippen LogP contribution in [0.15, 0.2) is 71.0 Å². The predicted molar refractivity (Wildman–Crippen MR) is 140 cm³/mol. The lowest BCUT2D eigenvalue weighted by molar-refractivity contribution is 0.666. The summed E-state index contributed by atoms with van der Waals surface area (Å²) in [6.45, 7) is 3.21. The van der Waals surface area contributed by atoms with Gasteiger partial charge >= 0.3 is 0 Å². The zero-order chi connectivity index (χ0) is 23.5. The monoisotopic (exact) mass is 507 g/mol. The number of nitrogens with zero attached hydrogens (tertiary/aromatic N) is 5. The number of anilines is 2. The van der Waals surface area contributed by atoms with Crippen LogP contribution >= 0.6 is 35.0 Å². The van der Waals surface area contributed by atoms with Crippen LogP contribution in [0.5, 0.6) is 0 Å². The van der Waals surface area contributed by atoms with E-state index in [1.54, 1.807) is 23.9 Å². The molecule has 5 rings (SSSR count). The smallest absolute Gasteiger partial charge is 0.133 e. The maximum Gasteiger partial charge on any atom is 0.133 e. The van der Waals surface area contributed by atoms with E-state index >= 15 is 0 Å². The average Bonchev–Trinajstić information content (AvgIpc) is 2.85. The number of halogens is 2. The van der Waals surface area contributed by atoms with Gasteiger partial charge < -0.3 is 4.90 Å². The summed E-state index contributed by atoms with van der Waals surface area (Å²) in [6.07, 6.45) is 7.84. The van der Waals surface area contributed by atoms with Crippen molar-refractivity contribution in [2.75, 3.05) is 11.4 Å². The molecule has 0 radical (unpaired) electrons. The van der Waals surface area contributed by atoms with E-state index < -0.39 is 0 Å². The molecule has 0 N–H and O–H groups in total. The quantitative estimate of drug-likeness (QED) is 0.186. The first-order chi connectivity index (χ1) is 16.6. The zero-order valence-corrected chi connectivity index (χ0v) is 21.0. The molecule has 8 heteroatoms. The molecule has 0 atom stereocenters. The molecule has 0 aliphatic carbocycles. The topological polar surface area (TPSA) is 54.8 Å². The van der Waals surface area contributed by atoms with Gasteiger partial charge in [-0.25, -0.2) is 19.9 Å². The Morgan fingerprint density at radius 2 is 1.26 bits per heavy atom. The number of fused-ring (bicyclic) bond motifs is 2. The lowest BCUT2D eigenvalue weighted by Crippen LogP contribution is -2.22. The number of aromatic nitrogens is 4. The van der Waals surface area contributed by atoms with E-state index in [-0.39, 0.29) is 0 Å². The molecule has 0 spiro atoms. The van der Waals surface area contributed by atoms with Gasteiger partial charge in [0.15, 0.2) is 0 Å². The fraction of sp³-hybridized carbons (Fsp3) is 0.231. The molecule has 2 aromatic carbocycles. The first-order valence-electron chi connectivity index (χ1n) is 11.3. The third-order valence-electron chi connectivity index (χ3n) is 5.82. The number of hydrogen-bond donors (Lipinski definition) is 0. The summed E-state index contributed by atoms with van der Waals surface area (Å²) < 4.78 is 0. The Labute approximate surface area is 213 Å². The van der Waals surface area contributed by atoms with Crippen molar-refractivity contribution in [3.8, 4) is 22.5 Å². The summed E-state index contributed by atoms with van der Waals surface area (Å²) in [5, 5.41) is 0.873. The highest BCUT2D eigenvalue weighted by Gasteiger charge is 2.24. The van der Waals surface area contributed by atoms with Crippen LogP contribution in [0.4, 0.5) is 11.4 Å². The molecule has 4 aromatic rings. The maximum absolute atomic E-state index is 6.11. The summed E-state index contributed by atoms with van der Waals surface area (Å²) in [7, 11) is 0. The molecule has 1 aliphatic heterocycles. The Balaban J connectivity index is 1.54. The van der Waals surface area contributed by atoms with Gasteiger partial charge in [0.05, 0.1) is 22.8 Å². The second-order valence-corrected chi connectivity index (χ2v) is 9.99. The molecule has 0 unspecified atom stereocenters. The standard InChI is InChI=1S/C26H23Cl2N5S/c1-2-3-4-5-10-33-21-8-6-17(19-13-25(27)31-15-29-19)11-23(21)34-24-12-18(7-9-22(24)33)20-14-26(28)32-16-30-20/h6-9,11-16H,2-5,10H2,1H3. The van der Waals surface area contributed by atoms with Crippen molar-refractivity contribution < 1.29 is 0 Å². The molecule has 172 valence electrons. The van der Waals surface area contributed by atoms with Gasteiger partial charge in [-0.3, -0.25) is 0 Å². The summed E-state index contributed by atoms with van der Waals surface area (Å²) >= 11 is 14.0. The summed E-state index contributed by atoms with van der Waals surface area (Å²) in [6, 6.07) is 16.6. The minimum atomic E-state index is 0.437. The zero-order valence-electron chi connectivity index (χ0n) is 18.7. The van der Waals surface area contributed by atoms with Crippen molar-refractivity contribution in [1.82, 2.24) is 19.9 Å². The van der Waals surface area contributed by atoms with E-state index in [9.17, 15) is 0 Å². The van der Waals surface area contributed by atoms with Gasteiger partial charge in [-0.05, 0) is 30.7 Å². The van der Waals surface area contributed by atoms with E-state index in [4.69, 9.17) is 23.2 Å². The SMILES string of the molecule is CCCCCCN1c2ccc(-c3cc(Cl)ncn3)cc2Sc2cc(-c3cc(Cl)ncn3)ccc21. The number of benzene rings is 2. The Kier molecular flexibility index (Phi) is 6.99. The third-order valence-corrected chi connectivity index (χ3v) is 7.32. The molecule has 0 saturated heterocycles. The van der Waals surface area contributed by atoms with Crippen LogP contribution in [0.2, 0.25) is 10.3 Å². The predicted octanol–water partition coefficient (Wildman–Crippen LogP) is 8.09. The van der Waals surface area contributed by atoms with Gasteiger partial charge in [0.25, 0.3) is 0 Å². The van der Waals surface area contributed by atoms with Gasteiger partial charge in [-0.15, -0.1) is 0 Å². The number of unbranched alkanes of at least 4 members (excludes halogenated alkanes) is 3. The largest absolute Gasteiger partial charge is 0.340 e. The molecule has 0 bridgehead atoms. The van der Waals surface area contributed by atoms with E-state index in [1.165, 1.54) is 53.1 Å². The highest BCUT2D eigenvalue weighted by molar-refractivity contribution is 7.99.